The second-order valence-corrected chi connectivity index (χ2v) is 6.84. The highest BCUT2D eigenvalue weighted by atomic mass is 16.5. The number of para-hydroxylation sites is 1. The van der Waals surface area contributed by atoms with Crippen molar-refractivity contribution in [2.75, 3.05) is 19.6 Å². The van der Waals surface area contributed by atoms with Gasteiger partial charge in [0.1, 0.15) is 11.4 Å². The Balaban J connectivity index is 1.80. The summed E-state index contributed by atoms with van der Waals surface area (Å²) in [4.78, 5) is 0. The van der Waals surface area contributed by atoms with Gasteiger partial charge in [-0.1, -0.05) is 24.6 Å². The van der Waals surface area contributed by atoms with E-state index >= 15 is 0 Å². The molecular formula is C17H27N3O. The summed E-state index contributed by atoms with van der Waals surface area (Å²) in [5, 5.41) is 2.32. The minimum Gasteiger partial charge on any atom is -0.487 e. The summed E-state index contributed by atoms with van der Waals surface area (Å²) in [6.45, 7) is 7.09. The predicted molar refractivity (Wildman–Crippen MR) is 85.2 cm³/mol. The topological polar surface area (TPSA) is 50.5 Å². The molecule has 0 saturated carbocycles. The summed E-state index contributed by atoms with van der Waals surface area (Å²) < 4.78 is 6.18. The first-order valence-corrected chi connectivity index (χ1v) is 8.11. The Kier molecular flexibility index (Phi) is 4.20. The van der Waals surface area contributed by atoms with Crippen LogP contribution in [0.2, 0.25) is 0 Å². The van der Waals surface area contributed by atoms with Crippen LogP contribution in [-0.4, -0.2) is 30.2 Å². The van der Waals surface area contributed by atoms with Crippen molar-refractivity contribution in [3.63, 3.8) is 0 Å². The fourth-order valence-electron chi connectivity index (χ4n) is 3.41. The zero-order valence-electron chi connectivity index (χ0n) is 13.2. The zero-order chi connectivity index (χ0) is 14.9. The average molecular weight is 289 g/mol. The standard InChI is InChI=1S/C17H27N3O/c1-17(2)11-13-7-6-8-14(16(13)21-17)15(12-18)19-20-9-4-3-5-10-20/h6-8,15,19H,3-5,9-12,18H2,1-2H3. The number of benzene rings is 1. The average Bonchev–Trinajstić information content (AvgIpc) is 2.79. The Morgan fingerprint density at radius 3 is 2.76 bits per heavy atom. The lowest BCUT2D eigenvalue weighted by Gasteiger charge is -2.32. The maximum Gasteiger partial charge on any atom is 0.128 e. The molecule has 116 valence electrons. The van der Waals surface area contributed by atoms with Crippen molar-refractivity contribution in [2.45, 2.75) is 51.2 Å². The van der Waals surface area contributed by atoms with Gasteiger partial charge in [-0.2, -0.15) is 0 Å². The number of fused-ring (bicyclic) bond motifs is 1. The summed E-state index contributed by atoms with van der Waals surface area (Å²) in [5.74, 6) is 1.04. The predicted octanol–water partition coefficient (Wildman–Crippen LogP) is 2.39. The Bertz CT molecular complexity index is 495. The van der Waals surface area contributed by atoms with E-state index in [9.17, 15) is 0 Å². The lowest BCUT2D eigenvalue weighted by Crippen LogP contribution is -2.45. The van der Waals surface area contributed by atoms with E-state index in [1.165, 1.54) is 30.4 Å². The molecular weight excluding hydrogens is 262 g/mol. The van der Waals surface area contributed by atoms with Gasteiger partial charge in [0.25, 0.3) is 0 Å². The fourth-order valence-corrected chi connectivity index (χ4v) is 3.41. The Morgan fingerprint density at radius 2 is 2.05 bits per heavy atom. The number of nitrogens with zero attached hydrogens (tertiary/aromatic N) is 1. The van der Waals surface area contributed by atoms with Crippen LogP contribution in [0.25, 0.3) is 0 Å². The molecule has 1 atom stereocenters. The normalized spacial score (nSPS) is 22.6. The highest BCUT2D eigenvalue weighted by Crippen LogP contribution is 2.39. The number of hydrazine groups is 1. The number of piperidine rings is 1. The minimum atomic E-state index is -0.108. The number of rotatable bonds is 4. The van der Waals surface area contributed by atoms with E-state index < -0.39 is 0 Å². The van der Waals surface area contributed by atoms with Gasteiger partial charge in [0.05, 0.1) is 6.04 Å². The lowest BCUT2D eigenvalue weighted by atomic mass is 9.98. The molecule has 0 amide bonds. The molecule has 0 spiro atoms. The molecule has 1 unspecified atom stereocenters. The molecule has 0 aliphatic carbocycles. The molecule has 4 nitrogen and oxygen atoms in total. The van der Waals surface area contributed by atoms with Crippen molar-refractivity contribution in [1.82, 2.24) is 10.4 Å². The van der Waals surface area contributed by atoms with E-state index in [2.05, 4.69) is 42.5 Å². The monoisotopic (exact) mass is 289 g/mol. The van der Waals surface area contributed by atoms with Crippen LogP contribution in [0.5, 0.6) is 5.75 Å². The Hall–Kier alpha value is -1.10. The third-order valence-electron chi connectivity index (χ3n) is 4.43. The largest absolute Gasteiger partial charge is 0.487 e. The van der Waals surface area contributed by atoms with Gasteiger partial charge in [-0.3, -0.25) is 0 Å². The maximum atomic E-state index is 6.18. The van der Waals surface area contributed by atoms with Crippen LogP contribution in [-0.2, 0) is 6.42 Å². The number of hydrogen-bond donors (Lipinski definition) is 2. The molecule has 0 aromatic heterocycles. The molecule has 0 bridgehead atoms. The van der Waals surface area contributed by atoms with Crippen LogP contribution >= 0.6 is 0 Å². The van der Waals surface area contributed by atoms with Crippen LogP contribution in [0.1, 0.15) is 50.3 Å². The van der Waals surface area contributed by atoms with Crippen molar-refractivity contribution in [1.29, 1.82) is 0 Å². The zero-order valence-corrected chi connectivity index (χ0v) is 13.2. The number of nitrogens with two attached hydrogens (primary N) is 1. The number of hydrogen-bond acceptors (Lipinski definition) is 4. The Labute approximate surface area is 127 Å². The smallest absolute Gasteiger partial charge is 0.128 e. The van der Waals surface area contributed by atoms with Crippen LogP contribution in [0.3, 0.4) is 0 Å². The number of ether oxygens (including phenoxy) is 1. The lowest BCUT2D eigenvalue weighted by molar-refractivity contribution is 0.120. The maximum absolute atomic E-state index is 6.18. The fraction of sp³-hybridized carbons (Fsp3) is 0.647. The van der Waals surface area contributed by atoms with Gasteiger partial charge in [-0.15, -0.1) is 0 Å². The highest BCUT2D eigenvalue weighted by Gasteiger charge is 2.33. The molecule has 21 heavy (non-hydrogen) atoms. The molecule has 3 rings (SSSR count). The first-order valence-electron chi connectivity index (χ1n) is 8.11. The van der Waals surface area contributed by atoms with E-state index in [0.29, 0.717) is 6.54 Å². The summed E-state index contributed by atoms with van der Waals surface area (Å²) >= 11 is 0. The molecule has 2 aliphatic heterocycles. The van der Waals surface area contributed by atoms with E-state index in [1.54, 1.807) is 0 Å². The highest BCUT2D eigenvalue weighted by molar-refractivity contribution is 5.47. The first kappa shape index (κ1) is 14.8. The first-order chi connectivity index (χ1) is 10.1. The van der Waals surface area contributed by atoms with E-state index in [-0.39, 0.29) is 11.6 Å². The van der Waals surface area contributed by atoms with Gasteiger partial charge in [-0.25, -0.2) is 10.4 Å². The van der Waals surface area contributed by atoms with Crippen LogP contribution in [0.4, 0.5) is 0 Å². The summed E-state index contributed by atoms with van der Waals surface area (Å²) in [6, 6.07) is 6.57. The van der Waals surface area contributed by atoms with Gasteiger partial charge in [0.15, 0.2) is 0 Å². The van der Waals surface area contributed by atoms with Gasteiger partial charge in [0.2, 0.25) is 0 Å². The van der Waals surface area contributed by atoms with E-state index in [0.717, 1.165) is 25.3 Å². The second kappa shape index (κ2) is 5.95. The molecule has 1 saturated heterocycles. The van der Waals surface area contributed by atoms with Crippen LogP contribution in [0.15, 0.2) is 18.2 Å². The molecule has 2 heterocycles. The van der Waals surface area contributed by atoms with Crippen LogP contribution in [0, 0.1) is 0 Å². The molecule has 1 aromatic rings. The third-order valence-corrected chi connectivity index (χ3v) is 4.43. The minimum absolute atomic E-state index is 0.108. The van der Waals surface area contributed by atoms with Crippen molar-refractivity contribution >= 4 is 0 Å². The molecule has 0 radical (unpaired) electrons. The molecule has 1 aromatic carbocycles. The van der Waals surface area contributed by atoms with Crippen LogP contribution < -0.4 is 15.9 Å². The molecule has 4 heteroatoms. The van der Waals surface area contributed by atoms with Crippen molar-refractivity contribution in [3.05, 3.63) is 29.3 Å². The summed E-state index contributed by atoms with van der Waals surface area (Å²) in [5.41, 5.74) is 12.0. The summed E-state index contributed by atoms with van der Waals surface area (Å²) in [6.07, 6.45) is 4.84. The van der Waals surface area contributed by atoms with E-state index in [4.69, 9.17) is 10.5 Å². The number of nitrogens with one attached hydrogen (secondary N) is 1. The Morgan fingerprint density at radius 1 is 1.29 bits per heavy atom. The second-order valence-electron chi connectivity index (χ2n) is 6.84. The quantitative estimate of drug-likeness (QED) is 0.893. The summed E-state index contributed by atoms with van der Waals surface area (Å²) in [7, 11) is 0. The van der Waals surface area contributed by atoms with Crippen molar-refractivity contribution in [3.8, 4) is 5.75 Å². The van der Waals surface area contributed by atoms with Gasteiger partial charge < -0.3 is 10.5 Å². The molecule has 3 N–H and O–H groups in total. The molecule has 2 aliphatic rings. The van der Waals surface area contributed by atoms with Gasteiger partial charge in [-0.05, 0) is 32.3 Å². The van der Waals surface area contributed by atoms with E-state index in [1.807, 2.05) is 0 Å². The third kappa shape index (κ3) is 3.23. The van der Waals surface area contributed by atoms with Gasteiger partial charge in [0, 0.05) is 31.6 Å². The van der Waals surface area contributed by atoms with Crippen molar-refractivity contribution < 1.29 is 4.74 Å². The SMILES string of the molecule is CC1(C)Cc2cccc(C(CN)NN3CCCCC3)c2O1. The van der Waals surface area contributed by atoms with Crippen molar-refractivity contribution in [2.24, 2.45) is 5.73 Å². The molecule has 1 fully saturated rings. The van der Waals surface area contributed by atoms with Gasteiger partial charge >= 0.3 is 0 Å².